The summed E-state index contributed by atoms with van der Waals surface area (Å²) in [4.78, 5) is 11.3. The summed E-state index contributed by atoms with van der Waals surface area (Å²) in [5, 5.41) is 9.92. The first kappa shape index (κ1) is 9.97. The molecule has 2 fully saturated rings. The number of aliphatic hydroxyl groups is 1. The zero-order valence-electron chi connectivity index (χ0n) is 9.04. The Hall–Kier alpha value is -0.570. The average molecular weight is 198 g/mol. The van der Waals surface area contributed by atoms with E-state index in [2.05, 4.69) is 0 Å². The number of ether oxygens (including phenoxy) is 1. The van der Waals surface area contributed by atoms with E-state index in [0.29, 0.717) is 6.42 Å². The van der Waals surface area contributed by atoms with Crippen LogP contribution in [0.3, 0.4) is 0 Å². The summed E-state index contributed by atoms with van der Waals surface area (Å²) in [7, 11) is 0. The first-order valence-corrected chi connectivity index (χ1v) is 5.26. The summed E-state index contributed by atoms with van der Waals surface area (Å²) in [6.45, 7) is 6.06. The molecule has 0 aromatic heterocycles. The van der Waals surface area contributed by atoms with Gasteiger partial charge in [0.25, 0.3) is 0 Å². The van der Waals surface area contributed by atoms with Crippen LogP contribution in [0.2, 0.25) is 0 Å². The van der Waals surface area contributed by atoms with Crippen molar-refractivity contribution < 1.29 is 14.6 Å². The van der Waals surface area contributed by atoms with Crippen LogP contribution in [0.5, 0.6) is 0 Å². The predicted octanol–water partition coefficient (Wildman–Crippen LogP) is 1.49. The molecule has 1 unspecified atom stereocenters. The van der Waals surface area contributed by atoms with Crippen LogP contribution in [0.4, 0.5) is 0 Å². The van der Waals surface area contributed by atoms with Gasteiger partial charge in [-0.25, -0.2) is 0 Å². The van der Waals surface area contributed by atoms with Gasteiger partial charge in [-0.15, -0.1) is 0 Å². The molecule has 0 bridgehead atoms. The van der Waals surface area contributed by atoms with Crippen molar-refractivity contribution in [2.24, 2.45) is 11.3 Å². The molecule has 2 rings (SSSR count). The number of hydrogen-bond donors (Lipinski definition) is 1. The Morgan fingerprint density at radius 3 is 2.71 bits per heavy atom. The minimum Gasteiger partial charge on any atom is -0.459 e. The van der Waals surface area contributed by atoms with E-state index in [9.17, 15) is 9.90 Å². The zero-order valence-corrected chi connectivity index (χ0v) is 9.04. The lowest BCUT2D eigenvalue weighted by Gasteiger charge is -2.47. The summed E-state index contributed by atoms with van der Waals surface area (Å²) >= 11 is 0. The Balaban J connectivity index is 2.33. The molecule has 2 aliphatic rings. The third kappa shape index (κ3) is 1.18. The minimum atomic E-state index is -0.334. The molecule has 14 heavy (non-hydrogen) atoms. The second kappa shape index (κ2) is 2.72. The Kier molecular flexibility index (Phi) is 1.94. The zero-order chi connectivity index (χ0) is 10.6. The van der Waals surface area contributed by atoms with E-state index in [1.54, 1.807) is 0 Å². The molecule has 80 valence electrons. The average Bonchev–Trinajstić information content (AvgIpc) is 2.37. The smallest absolute Gasteiger partial charge is 0.306 e. The molecule has 0 aromatic carbocycles. The van der Waals surface area contributed by atoms with Crippen molar-refractivity contribution in [3.8, 4) is 0 Å². The van der Waals surface area contributed by atoms with E-state index < -0.39 is 0 Å². The molecular formula is C11H18O3. The first-order valence-electron chi connectivity index (χ1n) is 5.26. The quantitative estimate of drug-likeness (QED) is 0.600. The highest BCUT2D eigenvalue weighted by Gasteiger charge is 2.57. The lowest BCUT2D eigenvalue weighted by atomic mass is 9.60. The Morgan fingerprint density at radius 1 is 1.43 bits per heavy atom. The van der Waals surface area contributed by atoms with E-state index in [0.717, 1.165) is 12.8 Å². The molecule has 1 saturated carbocycles. The molecule has 1 saturated heterocycles. The molecule has 1 heterocycles. The molecule has 3 nitrogen and oxygen atoms in total. The Labute approximate surface area is 84.4 Å². The molecule has 3 heteroatoms. The topological polar surface area (TPSA) is 46.5 Å². The number of carbonyl (C=O) groups is 1. The van der Waals surface area contributed by atoms with Crippen LogP contribution in [0, 0.1) is 11.3 Å². The number of aliphatic hydroxyl groups excluding tert-OH is 1. The van der Waals surface area contributed by atoms with Gasteiger partial charge >= 0.3 is 5.97 Å². The maximum Gasteiger partial charge on any atom is 0.306 e. The van der Waals surface area contributed by atoms with Crippen molar-refractivity contribution in [1.29, 1.82) is 0 Å². The largest absolute Gasteiger partial charge is 0.459 e. The number of rotatable bonds is 0. The van der Waals surface area contributed by atoms with E-state index in [1.807, 2.05) is 20.8 Å². The Morgan fingerprint density at radius 2 is 2.07 bits per heavy atom. The van der Waals surface area contributed by atoms with Gasteiger partial charge in [-0.2, -0.15) is 0 Å². The van der Waals surface area contributed by atoms with Crippen molar-refractivity contribution in [2.45, 2.75) is 51.7 Å². The van der Waals surface area contributed by atoms with Gasteiger partial charge in [0.15, 0.2) is 0 Å². The molecule has 1 N–H and O–H groups in total. The van der Waals surface area contributed by atoms with Crippen molar-refractivity contribution >= 4 is 5.97 Å². The summed E-state index contributed by atoms with van der Waals surface area (Å²) in [5.74, 6) is 0.0472. The van der Waals surface area contributed by atoms with Crippen molar-refractivity contribution in [1.82, 2.24) is 0 Å². The van der Waals surface area contributed by atoms with Crippen molar-refractivity contribution in [2.75, 3.05) is 0 Å². The molecule has 0 amide bonds. The summed E-state index contributed by atoms with van der Waals surface area (Å²) in [6, 6.07) is 0. The second-order valence-corrected chi connectivity index (χ2v) is 5.42. The van der Waals surface area contributed by atoms with Crippen LogP contribution in [-0.4, -0.2) is 22.8 Å². The van der Waals surface area contributed by atoms with E-state index in [1.165, 1.54) is 0 Å². The molecule has 3 atom stereocenters. The van der Waals surface area contributed by atoms with Gasteiger partial charge < -0.3 is 9.84 Å². The number of hydrogen-bond acceptors (Lipinski definition) is 3. The minimum absolute atomic E-state index is 0.111. The predicted molar refractivity (Wildman–Crippen MR) is 51.6 cm³/mol. The molecule has 1 aliphatic carbocycles. The van der Waals surface area contributed by atoms with Crippen molar-refractivity contribution in [3.63, 3.8) is 0 Å². The molecule has 0 spiro atoms. The fourth-order valence-electron chi connectivity index (χ4n) is 3.06. The highest BCUT2D eigenvalue weighted by atomic mass is 16.6. The number of esters is 1. The highest BCUT2D eigenvalue weighted by molar-refractivity contribution is 5.73. The highest BCUT2D eigenvalue weighted by Crippen LogP contribution is 2.52. The standard InChI is InChI=1S/C11H18O3/c1-10(2)7-6-9(13)14-11(7,3)5-4-8(10)12/h7-8,12H,4-6H2,1-3H3/t7-,8?,11-/m1/s1. The van der Waals surface area contributed by atoms with E-state index >= 15 is 0 Å². The van der Waals surface area contributed by atoms with Crippen LogP contribution in [-0.2, 0) is 9.53 Å². The molecule has 0 aromatic rings. The van der Waals surface area contributed by atoms with Gasteiger partial charge in [0, 0.05) is 5.92 Å². The van der Waals surface area contributed by atoms with Gasteiger partial charge in [0.2, 0.25) is 0 Å². The van der Waals surface area contributed by atoms with Gasteiger partial charge in [-0.1, -0.05) is 13.8 Å². The SMILES string of the molecule is CC1(C)C(O)CC[C@@]2(C)OC(=O)C[C@H]12. The van der Waals surface area contributed by atoms with Crippen LogP contribution in [0.15, 0.2) is 0 Å². The van der Waals surface area contributed by atoms with Gasteiger partial charge in [0.05, 0.1) is 12.5 Å². The third-order valence-corrected chi connectivity index (χ3v) is 4.13. The summed E-state index contributed by atoms with van der Waals surface area (Å²) in [5.41, 5.74) is -0.543. The lowest BCUT2D eigenvalue weighted by molar-refractivity contribution is -0.158. The normalized spacial score (nSPS) is 45.9. The summed E-state index contributed by atoms with van der Waals surface area (Å²) < 4.78 is 5.39. The molecule has 0 radical (unpaired) electrons. The van der Waals surface area contributed by atoms with Crippen LogP contribution in [0.25, 0.3) is 0 Å². The van der Waals surface area contributed by atoms with Crippen molar-refractivity contribution in [3.05, 3.63) is 0 Å². The second-order valence-electron chi connectivity index (χ2n) is 5.42. The third-order valence-electron chi connectivity index (χ3n) is 4.13. The maximum absolute atomic E-state index is 11.3. The van der Waals surface area contributed by atoms with Crippen LogP contribution >= 0.6 is 0 Å². The number of fused-ring (bicyclic) bond motifs is 1. The fourth-order valence-corrected chi connectivity index (χ4v) is 3.06. The first-order chi connectivity index (χ1) is 6.36. The number of carbonyl (C=O) groups excluding carboxylic acids is 1. The Bertz CT molecular complexity index is 272. The fraction of sp³-hybridized carbons (Fsp3) is 0.909. The van der Waals surface area contributed by atoms with Gasteiger partial charge in [-0.05, 0) is 25.2 Å². The molecule has 1 aliphatic heterocycles. The van der Waals surface area contributed by atoms with E-state index in [-0.39, 0.29) is 29.0 Å². The maximum atomic E-state index is 11.3. The van der Waals surface area contributed by atoms with Crippen LogP contribution < -0.4 is 0 Å². The van der Waals surface area contributed by atoms with Gasteiger partial charge in [0.1, 0.15) is 5.60 Å². The summed E-state index contributed by atoms with van der Waals surface area (Å²) in [6.07, 6.45) is 1.66. The monoisotopic (exact) mass is 198 g/mol. The van der Waals surface area contributed by atoms with Gasteiger partial charge in [-0.3, -0.25) is 4.79 Å². The van der Waals surface area contributed by atoms with E-state index in [4.69, 9.17) is 4.74 Å². The van der Waals surface area contributed by atoms with Crippen LogP contribution in [0.1, 0.15) is 40.0 Å². The lowest BCUT2D eigenvalue weighted by Crippen LogP contribution is -2.51. The molecular weight excluding hydrogens is 180 g/mol.